The number of hydrogen-bond donors (Lipinski definition) is 1. The molecule has 0 fully saturated rings. The third-order valence-electron chi connectivity index (χ3n) is 3.25. The van der Waals surface area contributed by atoms with Crippen LogP contribution in [0.25, 0.3) is 11.5 Å². The molecule has 0 aliphatic carbocycles. The number of nitrogens with one attached hydrogen (secondary N) is 1. The SMILES string of the molecule is Cc1occc1-c1nnc(SCC(=O)NC(=O)c2cccn2C)o1. The monoisotopic (exact) mass is 346 g/mol. The molecule has 3 aromatic heterocycles. The number of imide groups is 1. The van der Waals surface area contributed by atoms with Crippen molar-refractivity contribution in [2.45, 2.75) is 12.1 Å². The summed E-state index contributed by atoms with van der Waals surface area (Å²) in [4.78, 5) is 23.8. The van der Waals surface area contributed by atoms with Gasteiger partial charge in [-0.1, -0.05) is 11.8 Å². The molecule has 0 spiro atoms. The van der Waals surface area contributed by atoms with Crippen LogP contribution in [0, 0.1) is 6.92 Å². The second kappa shape index (κ2) is 6.75. The van der Waals surface area contributed by atoms with E-state index in [9.17, 15) is 9.59 Å². The van der Waals surface area contributed by atoms with E-state index in [-0.39, 0.29) is 11.0 Å². The van der Waals surface area contributed by atoms with Crippen LogP contribution in [0.3, 0.4) is 0 Å². The van der Waals surface area contributed by atoms with Crippen molar-refractivity contribution in [3.8, 4) is 11.5 Å². The average molecular weight is 346 g/mol. The Kier molecular flexibility index (Phi) is 4.52. The highest BCUT2D eigenvalue weighted by molar-refractivity contribution is 7.99. The van der Waals surface area contributed by atoms with Gasteiger partial charge in [0.25, 0.3) is 17.0 Å². The molecular formula is C15H14N4O4S. The highest BCUT2D eigenvalue weighted by Gasteiger charge is 2.16. The molecule has 0 aliphatic rings. The fraction of sp³-hybridized carbons (Fsp3) is 0.200. The van der Waals surface area contributed by atoms with Gasteiger partial charge < -0.3 is 13.4 Å². The minimum absolute atomic E-state index is 0.0117. The van der Waals surface area contributed by atoms with E-state index >= 15 is 0 Å². The maximum atomic E-state index is 11.9. The first-order valence-electron chi connectivity index (χ1n) is 7.01. The highest BCUT2D eigenvalue weighted by Crippen LogP contribution is 2.26. The van der Waals surface area contributed by atoms with Crippen LogP contribution in [0.2, 0.25) is 0 Å². The van der Waals surface area contributed by atoms with E-state index < -0.39 is 11.8 Å². The number of hydrogen-bond acceptors (Lipinski definition) is 7. The van der Waals surface area contributed by atoms with E-state index in [4.69, 9.17) is 8.83 Å². The Morgan fingerprint density at radius 1 is 1.33 bits per heavy atom. The lowest BCUT2D eigenvalue weighted by atomic mass is 10.3. The van der Waals surface area contributed by atoms with Gasteiger partial charge in [-0.3, -0.25) is 14.9 Å². The number of carbonyl (C=O) groups is 2. The number of rotatable bonds is 5. The van der Waals surface area contributed by atoms with Gasteiger partial charge in [0.15, 0.2) is 0 Å². The molecule has 8 nitrogen and oxygen atoms in total. The lowest BCUT2D eigenvalue weighted by molar-refractivity contribution is -0.117. The summed E-state index contributed by atoms with van der Waals surface area (Å²) < 4.78 is 12.3. The largest absolute Gasteiger partial charge is 0.469 e. The zero-order valence-corrected chi connectivity index (χ0v) is 13.8. The Morgan fingerprint density at radius 3 is 2.83 bits per heavy atom. The lowest BCUT2D eigenvalue weighted by Crippen LogP contribution is -2.32. The van der Waals surface area contributed by atoms with Crippen LogP contribution in [0.15, 0.2) is 44.7 Å². The summed E-state index contributed by atoms with van der Waals surface area (Å²) in [5.41, 5.74) is 1.11. The van der Waals surface area contributed by atoms with Gasteiger partial charge in [0.05, 0.1) is 17.6 Å². The maximum Gasteiger partial charge on any atom is 0.277 e. The van der Waals surface area contributed by atoms with E-state index in [1.807, 2.05) is 0 Å². The molecule has 0 unspecified atom stereocenters. The predicted molar refractivity (Wildman–Crippen MR) is 85.3 cm³/mol. The van der Waals surface area contributed by atoms with E-state index in [0.29, 0.717) is 22.9 Å². The van der Waals surface area contributed by atoms with Crippen molar-refractivity contribution in [3.05, 3.63) is 42.1 Å². The van der Waals surface area contributed by atoms with Gasteiger partial charge in [-0.25, -0.2) is 0 Å². The molecule has 124 valence electrons. The number of aromatic nitrogens is 3. The number of aryl methyl sites for hydroxylation is 2. The summed E-state index contributed by atoms with van der Waals surface area (Å²) in [7, 11) is 1.73. The Morgan fingerprint density at radius 2 is 2.17 bits per heavy atom. The first-order chi connectivity index (χ1) is 11.5. The Labute approximate surface area is 141 Å². The number of thioether (sulfide) groups is 1. The van der Waals surface area contributed by atoms with Crippen LogP contribution in [0.4, 0.5) is 0 Å². The highest BCUT2D eigenvalue weighted by atomic mass is 32.2. The minimum Gasteiger partial charge on any atom is -0.469 e. The summed E-state index contributed by atoms with van der Waals surface area (Å²) in [6.45, 7) is 1.79. The molecule has 3 heterocycles. The normalized spacial score (nSPS) is 10.8. The molecule has 1 N–H and O–H groups in total. The first kappa shape index (κ1) is 16.1. The Bertz CT molecular complexity index is 880. The van der Waals surface area contributed by atoms with Gasteiger partial charge in [-0.2, -0.15) is 0 Å². The summed E-state index contributed by atoms with van der Waals surface area (Å²) in [6.07, 6.45) is 3.26. The second-order valence-electron chi connectivity index (χ2n) is 4.93. The zero-order chi connectivity index (χ0) is 17.1. The summed E-state index contributed by atoms with van der Waals surface area (Å²) in [5, 5.41) is 10.3. The van der Waals surface area contributed by atoms with Crippen molar-refractivity contribution < 1.29 is 18.4 Å². The third kappa shape index (κ3) is 3.40. The summed E-state index contributed by atoms with van der Waals surface area (Å²) >= 11 is 1.05. The molecule has 9 heteroatoms. The van der Waals surface area contributed by atoms with E-state index in [1.165, 1.54) is 6.26 Å². The molecule has 0 saturated carbocycles. The number of carbonyl (C=O) groups excluding carboxylic acids is 2. The van der Waals surface area contributed by atoms with Crippen molar-refractivity contribution in [3.63, 3.8) is 0 Å². The van der Waals surface area contributed by atoms with Gasteiger partial charge in [0, 0.05) is 13.2 Å². The topological polar surface area (TPSA) is 103 Å². The molecular weight excluding hydrogens is 332 g/mol. The molecule has 3 rings (SSSR count). The van der Waals surface area contributed by atoms with Crippen LogP contribution >= 0.6 is 11.8 Å². The molecule has 0 atom stereocenters. The van der Waals surface area contributed by atoms with E-state index in [1.54, 1.807) is 42.9 Å². The molecule has 3 aromatic rings. The summed E-state index contributed by atoms with van der Waals surface area (Å²) in [5.74, 6) is 0.0891. The van der Waals surface area contributed by atoms with Crippen LogP contribution < -0.4 is 5.32 Å². The van der Waals surface area contributed by atoms with E-state index in [2.05, 4.69) is 15.5 Å². The Balaban J connectivity index is 1.55. The fourth-order valence-electron chi connectivity index (χ4n) is 2.03. The zero-order valence-electron chi connectivity index (χ0n) is 13.0. The van der Waals surface area contributed by atoms with Gasteiger partial charge in [-0.15, -0.1) is 10.2 Å². The number of nitrogens with zero attached hydrogens (tertiary/aromatic N) is 3. The molecule has 0 saturated heterocycles. The van der Waals surface area contributed by atoms with Crippen LogP contribution in [0.5, 0.6) is 0 Å². The van der Waals surface area contributed by atoms with Gasteiger partial charge in [0.1, 0.15) is 11.5 Å². The molecule has 2 amide bonds. The van der Waals surface area contributed by atoms with Crippen LogP contribution in [-0.2, 0) is 11.8 Å². The number of furan rings is 1. The predicted octanol–water partition coefficient (Wildman–Crippen LogP) is 2.03. The quantitative estimate of drug-likeness (QED) is 0.705. The van der Waals surface area contributed by atoms with Crippen LogP contribution in [0.1, 0.15) is 16.2 Å². The molecule has 0 aliphatic heterocycles. The second-order valence-corrected chi connectivity index (χ2v) is 5.86. The van der Waals surface area contributed by atoms with Gasteiger partial charge in [0.2, 0.25) is 5.91 Å². The molecule has 0 aromatic carbocycles. The van der Waals surface area contributed by atoms with Gasteiger partial charge in [-0.05, 0) is 25.1 Å². The molecule has 0 radical (unpaired) electrons. The van der Waals surface area contributed by atoms with Crippen molar-refractivity contribution in [2.75, 3.05) is 5.75 Å². The van der Waals surface area contributed by atoms with Crippen molar-refractivity contribution >= 4 is 23.6 Å². The smallest absolute Gasteiger partial charge is 0.277 e. The average Bonchev–Trinajstić information content (AvgIpc) is 3.25. The van der Waals surface area contributed by atoms with Crippen molar-refractivity contribution in [1.29, 1.82) is 0 Å². The third-order valence-corrected chi connectivity index (χ3v) is 4.07. The maximum absolute atomic E-state index is 11.9. The van der Waals surface area contributed by atoms with Crippen molar-refractivity contribution in [1.82, 2.24) is 20.1 Å². The van der Waals surface area contributed by atoms with E-state index in [0.717, 1.165) is 11.8 Å². The lowest BCUT2D eigenvalue weighted by Gasteiger charge is -2.03. The standard InChI is InChI=1S/C15H14N4O4S/c1-9-10(5-7-22-9)14-17-18-15(23-14)24-8-12(20)16-13(21)11-4-3-6-19(11)2/h3-7H,8H2,1-2H3,(H,16,20,21). The van der Waals surface area contributed by atoms with Gasteiger partial charge >= 0.3 is 0 Å². The van der Waals surface area contributed by atoms with Crippen molar-refractivity contribution in [2.24, 2.45) is 7.05 Å². The molecule has 24 heavy (non-hydrogen) atoms. The minimum atomic E-state index is -0.451. The van der Waals surface area contributed by atoms with Crippen LogP contribution in [-0.4, -0.2) is 32.3 Å². The fourth-order valence-corrected chi connectivity index (χ4v) is 2.60. The Hall–Kier alpha value is -2.81. The number of amides is 2. The summed E-state index contributed by atoms with van der Waals surface area (Å²) in [6, 6.07) is 5.09. The first-order valence-corrected chi connectivity index (χ1v) is 7.99. The molecule has 0 bridgehead atoms.